The van der Waals surface area contributed by atoms with Gasteiger partial charge in [-0.2, -0.15) is 0 Å². The van der Waals surface area contributed by atoms with Crippen molar-refractivity contribution in [1.29, 1.82) is 0 Å². The van der Waals surface area contributed by atoms with Crippen molar-refractivity contribution in [3.8, 4) is 0 Å². The van der Waals surface area contributed by atoms with Crippen LogP contribution in [0.2, 0.25) is 0 Å². The van der Waals surface area contributed by atoms with Gasteiger partial charge in [-0.3, -0.25) is 4.79 Å². The van der Waals surface area contributed by atoms with Crippen molar-refractivity contribution in [2.75, 3.05) is 5.32 Å². The van der Waals surface area contributed by atoms with Crippen molar-refractivity contribution in [3.63, 3.8) is 0 Å². The van der Waals surface area contributed by atoms with Crippen molar-refractivity contribution in [1.82, 2.24) is 0 Å². The molecule has 0 aromatic heterocycles. The number of anilines is 1. The predicted octanol–water partition coefficient (Wildman–Crippen LogP) is 4.38. The Kier molecular flexibility index (Phi) is 4.84. The number of carboxylic acid groups (broad SMARTS) is 1. The van der Waals surface area contributed by atoms with Crippen LogP contribution in [-0.4, -0.2) is 17.0 Å². The maximum atomic E-state index is 12.6. The molecule has 0 saturated heterocycles. The second-order valence-corrected chi connectivity index (χ2v) is 6.04. The smallest absolute Gasteiger partial charge is 0.335 e. The largest absolute Gasteiger partial charge is 0.478 e. The number of hydrogen-bond donors (Lipinski definition) is 2. The monoisotopic (exact) mass is 311 g/mol. The minimum Gasteiger partial charge on any atom is -0.478 e. The lowest BCUT2D eigenvalue weighted by molar-refractivity contribution is 0.0696. The first-order valence-electron chi connectivity index (χ1n) is 7.55. The molecular formula is C19H21NO3. The van der Waals surface area contributed by atoms with Crippen molar-refractivity contribution in [2.45, 2.75) is 33.6 Å². The van der Waals surface area contributed by atoms with Gasteiger partial charge in [0.1, 0.15) is 0 Å². The minimum atomic E-state index is -1.04. The lowest BCUT2D eigenvalue weighted by Gasteiger charge is -2.16. The average molecular weight is 311 g/mol. The Morgan fingerprint density at radius 2 is 1.70 bits per heavy atom. The SMILES string of the molecule is Cc1cc(C(=O)O)cc(C(=O)Nc2c(C)cccc2C(C)C)c1. The molecule has 0 aliphatic rings. The number of carboxylic acids is 1. The zero-order chi connectivity index (χ0) is 17.1. The third-order valence-corrected chi connectivity index (χ3v) is 3.75. The van der Waals surface area contributed by atoms with Gasteiger partial charge < -0.3 is 10.4 Å². The van der Waals surface area contributed by atoms with Gasteiger partial charge >= 0.3 is 5.97 Å². The standard InChI is InChI=1S/C19H21NO3/c1-11(2)16-7-5-6-13(4)17(16)20-18(21)14-8-12(3)9-15(10-14)19(22)23/h5-11H,1-4H3,(H,20,21)(H,22,23). The highest BCUT2D eigenvalue weighted by Crippen LogP contribution is 2.28. The average Bonchev–Trinajstić information content (AvgIpc) is 2.48. The number of aryl methyl sites for hydroxylation is 2. The lowest BCUT2D eigenvalue weighted by atomic mass is 9.97. The summed E-state index contributed by atoms with van der Waals surface area (Å²) in [5.41, 5.74) is 4.04. The molecule has 120 valence electrons. The van der Waals surface area contributed by atoms with Gasteiger partial charge in [0.05, 0.1) is 5.56 Å². The third kappa shape index (κ3) is 3.77. The number of nitrogens with one attached hydrogen (secondary N) is 1. The highest BCUT2D eigenvalue weighted by Gasteiger charge is 2.15. The first kappa shape index (κ1) is 16.7. The van der Waals surface area contributed by atoms with Crippen molar-refractivity contribution < 1.29 is 14.7 Å². The molecule has 0 aliphatic heterocycles. The van der Waals surface area contributed by atoms with Crippen LogP contribution in [0.25, 0.3) is 0 Å². The molecule has 0 radical (unpaired) electrons. The normalized spacial score (nSPS) is 10.7. The molecule has 0 spiro atoms. The van der Waals surface area contributed by atoms with E-state index in [0.29, 0.717) is 5.56 Å². The molecule has 0 aliphatic carbocycles. The fraction of sp³-hybridized carbons (Fsp3) is 0.263. The van der Waals surface area contributed by atoms with Crippen molar-refractivity contribution in [2.24, 2.45) is 0 Å². The van der Waals surface area contributed by atoms with E-state index in [9.17, 15) is 9.59 Å². The first-order chi connectivity index (χ1) is 10.8. The van der Waals surface area contributed by atoms with Crippen LogP contribution in [0.15, 0.2) is 36.4 Å². The Morgan fingerprint density at radius 3 is 2.30 bits per heavy atom. The van der Waals surface area contributed by atoms with Crippen molar-refractivity contribution in [3.05, 3.63) is 64.2 Å². The quantitative estimate of drug-likeness (QED) is 0.880. The molecule has 2 aromatic carbocycles. The molecular weight excluding hydrogens is 290 g/mol. The van der Waals surface area contributed by atoms with Crippen LogP contribution in [0.1, 0.15) is 57.2 Å². The Morgan fingerprint density at radius 1 is 1.04 bits per heavy atom. The second-order valence-electron chi connectivity index (χ2n) is 6.04. The summed E-state index contributed by atoms with van der Waals surface area (Å²) < 4.78 is 0. The van der Waals surface area contributed by atoms with E-state index in [0.717, 1.165) is 22.4 Å². The number of aromatic carboxylic acids is 1. The molecule has 0 fully saturated rings. The number of rotatable bonds is 4. The molecule has 2 aromatic rings. The molecule has 1 amide bonds. The van der Waals surface area contributed by atoms with E-state index in [1.165, 1.54) is 6.07 Å². The molecule has 0 unspecified atom stereocenters. The Labute approximate surface area is 136 Å². The topological polar surface area (TPSA) is 66.4 Å². The molecule has 0 bridgehead atoms. The van der Waals surface area contributed by atoms with E-state index >= 15 is 0 Å². The van der Waals surface area contributed by atoms with Crippen LogP contribution in [-0.2, 0) is 0 Å². The zero-order valence-corrected chi connectivity index (χ0v) is 13.8. The second kappa shape index (κ2) is 6.65. The van der Waals surface area contributed by atoms with E-state index in [-0.39, 0.29) is 17.4 Å². The summed E-state index contributed by atoms with van der Waals surface area (Å²) in [7, 11) is 0. The first-order valence-corrected chi connectivity index (χ1v) is 7.55. The van der Waals surface area contributed by atoms with E-state index in [1.807, 2.05) is 25.1 Å². The number of amides is 1. The zero-order valence-electron chi connectivity index (χ0n) is 13.8. The van der Waals surface area contributed by atoms with Crippen LogP contribution in [0.5, 0.6) is 0 Å². The Balaban J connectivity index is 2.39. The lowest BCUT2D eigenvalue weighted by Crippen LogP contribution is -2.16. The maximum absolute atomic E-state index is 12.6. The summed E-state index contributed by atoms with van der Waals surface area (Å²) in [6.45, 7) is 7.86. The van der Waals surface area contributed by atoms with E-state index in [1.54, 1.807) is 19.1 Å². The molecule has 4 heteroatoms. The van der Waals surface area contributed by atoms with Gasteiger partial charge in [0.2, 0.25) is 0 Å². The Hall–Kier alpha value is -2.62. The number of carbonyl (C=O) groups excluding carboxylic acids is 1. The van der Waals surface area contributed by atoms with Gasteiger partial charge in [-0.25, -0.2) is 4.79 Å². The van der Waals surface area contributed by atoms with Gasteiger partial charge in [0.25, 0.3) is 5.91 Å². The fourth-order valence-electron chi connectivity index (χ4n) is 2.57. The highest BCUT2D eigenvalue weighted by atomic mass is 16.4. The summed E-state index contributed by atoms with van der Waals surface area (Å²) >= 11 is 0. The summed E-state index contributed by atoms with van der Waals surface area (Å²) in [5.74, 6) is -1.06. The van der Waals surface area contributed by atoms with Crippen LogP contribution in [0.3, 0.4) is 0 Å². The fourth-order valence-corrected chi connectivity index (χ4v) is 2.57. The highest BCUT2D eigenvalue weighted by molar-refractivity contribution is 6.06. The molecule has 0 saturated carbocycles. The summed E-state index contributed by atoms with van der Waals surface area (Å²) in [4.78, 5) is 23.7. The maximum Gasteiger partial charge on any atom is 0.335 e. The Bertz CT molecular complexity index is 763. The van der Waals surface area contributed by atoms with Gasteiger partial charge in [-0.05, 0) is 54.7 Å². The van der Waals surface area contributed by atoms with Gasteiger partial charge in [-0.15, -0.1) is 0 Å². The predicted molar refractivity (Wildman–Crippen MR) is 91.4 cm³/mol. The molecule has 2 rings (SSSR count). The summed E-state index contributed by atoms with van der Waals surface area (Å²) in [5, 5.41) is 12.1. The summed E-state index contributed by atoms with van der Waals surface area (Å²) in [6, 6.07) is 10.5. The van der Waals surface area contributed by atoms with E-state index < -0.39 is 5.97 Å². The van der Waals surface area contributed by atoms with Crippen LogP contribution < -0.4 is 5.32 Å². The number of hydrogen-bond acceptors (Lipinski definition) is 2. The van der Waals surface area contributed by atoms with E-state index in [2.05, 4.69) is 19.2 Å². The molecule has 4 nitrogen and oxygen atoms in total. The third-order valence-electron chi connectivity index (χ3n) is 3.75. The minimum absolute atomic E-state index is 0.115. The van der Waals surface area contributed by atoms with Crippen LogP contribution in [0.4, 0.5) is 5.69 Å². The number of carbonyl (C=O) groups is 2. The molecule has 23 heavy (non-hydrogen) atoms. The van der Waals surface area contributed by atoms with Gasteiger partial charge in [0, 0.05) is 11.3 Å². The summed E-state index contributed by atoms with van der Waals surface area (Å²) in [6.07, 6.45) is 0. The van der Waals surface area contributed by atoms with Gasteiger partial charge in [0.15, 0.2) is 0 Å². The molecule has 0 heterocycles. The van der Waals surface area contributed by atoms with Crippen LogP contribution >= 0.6 is 0 Å². The van der Waals surface area contributed by atoms with E-state index in [4.69, 9.17) is 5.11 Å². The molecule has 2 N–H and O–H groups in total. The number of benzene rings is 2. The molecule has 0 atom stereocenters. The number of para-hydroxylation sites is 1. The van der Waals surface area contributed by atoms with Gasteiger partial charge in [-0.1, -0.05) is 32.0 Å². The van der Waals surface area contributed by atoms with Crippen molar-refractivity contribution >= 4 is 17.6 Å². The van der Waals surface area contributed by atoms with Crippen LogP contribution in [0, 0.1) is 13.8 Å².